The van der Waals surface area contributed by atoms with Crippen LogP contribution in [0.3, 0.4) is 0 Å². The molecule has 0 bridgehead atoms. The summed E-state index contributed by atoms with van der Waals surface area (Å²) >= 11 is 9.37. The summed E-state index contributed by atoms with van der Waals surface area (Å²) in [5.41, 5.74) is 1.58. The summed E-state index contributed by atoms with van der Waals surface area (Å²) in [6.45, 7) is 0. The van der Waals surface area contributed by atoms with E-state index in [-0.39, 0.29) is 5.91 Å². The molecule has 1 aliphatic carbocycles. The van der Waals surface area contributed by atoms with Gasteiger partial charge in [0.25, 0.3) is 5.91 Å². The Morgan fingerprint density at radius 3 is 2.81 bits per heavy atom. The van der Waals surface area contributed by atoms with Crippen molar-refractivity contribution >= 4 is 39.1 Å². The number of carbonyl (C=O) groups excluding carboxylic acids is 1. The summed E-state index contributed by atoms with van der Waals surface area (Å²) in [4.78, 5) is 12.4. The Balaban J connectivity index is 1.83. The number of nitrogens with one attached hydrogen (secondary N) is 1. The van der Waals surface area contributed by atoms with Crippen LogP contribution >= 0.6 is 27.5 Å². The van der Waals surface area contributed by atoms with Crippen LogP contribution in [0, 0.1) is 11.3 Å². The minimum absolute atomic E-state index is 0.187. The summed E-state index contributed by atoms with van der Waals surface area (Å²) in [6, 6.07) is 9.05. The van der Waals surface area contributed by atoms with Crippen molar-refractivity contribution in [2.24, 2.45) is 0 Å². The van der Waals surface area contributed by atoms with E-state index in [4.69, 9.17) is 16.9 Å². The van der Waals surface area contributed by atoms with Crippen molar-refractivity contribution in [3.8, 4) is 6.07 Å². The Morgan fingerprint density at radius 2 is 2.19 bits per heavy atom. The molecule has 0 atom stereocenters. The highest BCUT2D eigenvalue weighted by atomic mass is 79.9. The van der Waals surface area contributed by atoms with Crippen LogP contribution in [0.1, 0.15) is 34.9 Å². The molecule has 1 aliphatic rings. The number of aromatic nitrogens is 1. The zero-order valence-corrected chi connectivity index (χ0v) is 13.3. The first-order valence-electron chi connectivity index (χ1n) is 6.47. The van der Waals surface area contributed by atoms with Crippen molar-refractivity contribution < 1.29 is 4.79 Å². The largest absolute Gasteiger partial charge is 0.339 e. The molecule has 0 saturated heterocycles. The maximum absolute atomic E-state index is 12.4. The van der Waals surface area contributed by atoms with Gasteiger partial charge in [-0.15, -0.1) is 0 Å². The maximum atomic E-state index is 12.4. The lowest BCUT2D eigenvalue weighted by Crippen LogP contribution is -2.16. The summed E-state index contributed by atoms with van der Waals surface area (Å²) in [7, 11) is 0. The number of amides is 1. The summed E-state index contributed by atoms with van der Waals surface area (Å²) < 4.78 is 2.88. The van der Waals surface area contributed by atoms with Gasteiger partial charge in [0.2, 0.25) is 0 Å². The topological polar surface area (TPSA) is 57.8 Å². The van der Waals surface area contributed by atoms with Crippen LogP contribution in [0.5, 0.6) is 0 Å². The number of anilines is 1. The second kappa shape index (κ2) is 5.55. The summed E-state index contributed by atoms with van der Waals surface area (Å²) in [5.74, 6) is -0.187. The molecule has 4 nitrogen and oxygen atoms in total. The SMILES string of the molecule is N#Cc1ccc(NC(=O)c2cc(Br)cn2C2CC2)cc1Cl. The molecule has 0 unspecified atom stereocenters. The first-order valence-corrected chi connectivity index (χ1v) is 7.64. The number of carbonyl (C=O) groups is 1. The minimum atomic E-state index is -0.187. The number of nitrogens with zero attached hydrogens (tertiary/aromatic N) is 2. The molecule has 1 fully saturated rings. The fourth-order valence-corrected chi connectivity index (χ4v) is 2.82. The minimum Gasteiger partial charge on any atom is -0.339 e. The first kappa shape index (κ1) is 14.2. The molecular formula is C15H11BrClN3O. The van der Waals surface area contributed by atoms with Gasteiger partial charge in [-0.2, -0.15) is 5.26 Å². The third kappa shape index (κ3) is 2.97. The molecule has 21 heavy (non-hydrogen) atoms. The van der Waals surface area contributed by atoms with E-state index in [0.717, 1.165) is 17.3 Å². The summed E-state index contributed by atoms with van der Waals surface area (Å²) in [5, 5.41) is 12.0. The van der Waals surface area contributed by atoms with Crippen molar-refractivity contribution in [3.63, 3.8) is 0 Å². The van der Waals surface area contributed by atoms with E-state index in [1.807, 2.05) is 16.8 Å². The number of hydrogen-bond donors (Lipinski definition) is 1. The van der Waals surface area contributed by atoms with E-state index in [9.17, 15) is 4.79 Å². The van der Waals surface area contributed by atoms with E-state index < -0.39 is 0 Å². The predicted molar refractivity (Wildman–Crippen MR) is 84.5 cm³/mol. The van der Waals surface area contributed by atoms with Crippen molar-refractivity contribution in [1.82, 2.24) is 4.57 Å². The lowest BCUT2D eigenvalue weighted by molar-refractivity contribution is 0.101. The van der Waals surface area contributed by atoms with Crippen LogP contribution in [-0.4, -0.2) is 10.5 Å². The average Bonchev–Trinajstić information content (AvgIpc) is 3.21. The molecule has 6 heteroatoms. The van der Waals surface area contributed by atoms with Crippen LogP contribution in [-0.2, 0) is 0 Å². The zero-order valence-electron chi connectivity index (χ0n) is 10.9. The van der Waals surface area contributed by atoms with Crippen molar-refractivity contribution in [2.75, 3.05) is 5.32 Å². The molecule has 1 amide bonds. The third-order valence-corrected chi connectivity index (χ3v) is 4.08. The quantitative estimate of drug-likeness (QED) is 0.879. The second-order valence-electron chi connectivity index (χ2n) is 4.94. The molecule has 0 spiro atoms. The molecule has 1 aromatic heterocycles. The third-order valence-electron chi connectivity index (χ3n) is 3.34. The van der Waals surface area contributed by atoms with E-state index in [1.54, 1.807) is 24.3 Å². The Hall–Kier alpha value is -1.77. The number of halogens is 2. The Bertz CT molecular complexity index is 759. The Morgan fingerprint density at radius 1 is 1.43 bits per heavy atom. The van der Waals surface area contributed by atoms with E-state index in [1.165, 1.54) is 0 Å². The molecule has 0 aliphatic heterocycles. The van der Waals surface area contributed by atoms with E-state index in [2.05, 4.69) is 21.2 Å². The maximum Gasteiger partial charge on any atom is 0.272 e. The zero-order chi connectivity index (χ0) is 15.0. The molecular weight excluding hydrogens is 354 g/mol. The van der Waals surface area contributed by atoms with Crippen LogP contribution in [0.4, 0.5) is 5.69 Å². The van der Waals surface area contributed by atoms with Gasteiger partial charge in [0.1, 0.15) is 11.8 Å². The lowest BCUT2D eigenvalue weighted by atomic mass is 10.2. The van der Waals surface area contributed by atoms with Gasteiger partial charge in [0.15, 0.2) is 0 Å². The van der Waals surface area contributed by atoms with E-state index >= 15 is 0 Å². The Kier molecular flexibility index (Phi) is 3.75. The highest BCUT2D eigenvalue weighted by molar-refractivity contribution is 9.10. The number of benzene rings is 1. The molecule has 1 N–H and O–H groups in total. The molecule has 1 aromatic carbocycles. The second-order valence-corrected chi connectivity index (χ2v) is 6.27. The summed E-state index contributed by atoms with van der Waals surface area (Å²) in [6.07, 6.45) is 4.13. The van der Waals surface area contributed by atoms with Crippen LogP contribution in [0.25, 0.3) is 0 Å². The Labute approximate surface area is 135 Å². The highest BCUT2D eigenvalue weighted by Crippen LogP contribution is 2.37. The van der Waals surface area contributed by atoms with Crippen molar-refractivity contribution in [3.05, 3.63) is 51.2 Å². The molecule has 3 rings (SSSR count). The molecule has 106 valence electrons. The van der Waals surface area contributed by atoms with Crippen LogP contribution in [0.15, 0.2) is 34.9 Å². The lowest BCUT2D eigenvalue weighted by Gasteiger charge is -2.09. The van der Waals surface area contributed by atoms with Crippen molar-refractivity contribution in [2.45, 2.75) is 18.9 Å². The molecule has 1 saturated carbocycles. The fraction of sp³-hybridized carbons (Fsp3) is 0.200. The number of rotatable bonds is 3. The molecule has 2 aromatic rings. The van der Waals surface area contributed by atoms with E-state index in [0.29, 0.717) is 28.0 Å². The van der Waals surface area contributed by atoms with Gasteiger partial charge < -0.3 is 9.88 Å². The standard InChI is InChI=1S/C15H11BrClN3O/c16-10-5-14(20(8-10)12-3-4-12)15(21)19-11-2-1-9(7-18)13(17)6-11/h1-2,5-6,8,12H,3-4H2,(H,19,21). The fourth-order valence-electron chi connectivity index (χ4n) is 2.16. The van der Waals surface area contributed by atoms with Gasteiger partial charge >= 0.3 is 0 Å². The van der Waals surface area contributed by atoms with Gasteiger partial charge in [-0.05, 0) is 53.0 Å². The van der Waals surface area contributed by atoms with Crippen LogP contribution in [0.2, 0.25) is 5.02 Å². The van der Waals surface area contributed by atoms with Gasteiger partial charge in [-0.3, -0.25) is 4.79 Å². The van der Waals surface area contributed by atoms with Crippen LogP contribution < -0.4 is 5.32 Å². The number of nitriles is 1. The predicted octanol–water partition coefficient (Wildman–Crippen LogP) is 4.36. The van der Waals surface area contributed by atoms with Gasteiger partial charge in [0.05, 0.1) is 10.6 Å². The molecule has 0 radical (unpaired) electrons. The smallest absolute Gasteiger partial charge is 0.272 e. The number of hydrogen-bond acceptors (Lipinski definition) is 2. The van der Waals surface area contributed by atoms with Gasteiger partial charge in [0, 0.05) is 22.4 Å². The molecule has 1 heterocycles. The highest BCUT2D eigenvalue weighted by Gasteiger charge is 2.27. The van der Waals surface area contributed by atoms with Crippen molar-refractivity contribution in [1.29, 1.82) is 5.26 Å². The first-order chi connectivity index (χ1) is 10.1. The van der Waals surface area contributed by atoms with Gasteiger partial charge in [-0.1, -0.05) is 11.6 Å². The average molecular weight is 365 g/mol. The normalized spacial score (nSPS) is 13.8. The van der Waals surface area contributed by atoms with Gasteiger partial charge in [-0.25, -0.2) is 0 Å². The monoisotopic (exact) mass is 363 g/mol.